The molecule has 0 aromatic heterocycles. The molecule has 0 aliphatic heterocycles. The van der Waals surface area contributed by atoms with Gasteiger partial charge in [-0.15, -0.1) is 0 Å². The molecular formula is C15H17ClO6. The summed E-state index contributed by atoms with van der Waals surface area (Å²) in [7, 11) is 0. The second-order valence-corrected chi connectivity index (χ2v) is 5.31. The van der Waals surface area contributed by atoms with Crippen molar-refractivity contribution in [3.8, 4) is 11.5 Å². The van der Waals surface area contributed by atoms with E-state index in [1.165, 1.54) is 32.0 Å². The van der Waals surface area contributed by atoms with Crippen molar-refractivity contribution in [2.24, 2.45) is 0 Å². The lowest BCUT2D eigenvalue weighted by Gasteiger charge is -2.25. The average Bonchev–Trinajstić information content (AvgIpc) is 2.41. The van der Waals surface area contributed by atoms with Crippen molar-refractivity contribution in [3.05, 3.63) is 23.2 Å². The summed E-state index contributed by atoms with van der Waals surface area (Å²) in [5.41, 5.74) is -1.30. The number of rotatable bonds is 6. The van der Waals surface area contributed by atoms with E-state index in [-0.39, 0.29) is 23.1 Å². The molecule has 0 N–H and O–H groups in total. The summed E-state index contributed by atoms with van der Waals surface area (Å²) in [4.78, 5) is 34.3. The van der Waals surface area contributed by atoms with E-state index in [1.54, 1.807) is 6.92 Å². The number of ketones is 1. The molecule has 7 heteroatoms. The SMILES string of the molecule is CCOC(=O)C(C)(C)Oc1ccc(Cl)cc1OC(=O)C(C)=O. The number of Topliss-reactive ketones (excluding diaryl/α,β-unsaturated/α-hetero) is 1. The molecule has 0 heterocycles. The molecule has 0 bridgehead atoms. The summed E-state index contributed by atoms with van der Waals surface area (Å²) in [5.74, 6) is -2.35. The van der Waals surface area contributed by atoms with Crippen LogP contribution in [0.15, 0.2) is 18.2 Å². The summed E-state index contributed by atoms with van der Waals surface area (Å²) < 4.78 is 15.4. The first-order chi connectivity index (χ1) is 10.2. The molecule has 0 aliphatic carbocycles. The molecule has 1 aromatic rings. The van der Waals surface area contributed by atoms with Gasteiger partial charge in [-0.25, -0.2) is 9.59 Å². The standard InChI is InChI=1S/C15H17ClO6/c1-5-20-14(19)15(3,4)22-11-7-6-10(16)8-12(11)21-13(18)9(2)17/h6-8H,5H2,1-4H3. The van der Waals surface area contributed by atoms with Gasteiger partial charge >= 0.3 is 11.9 Å². The Bertz CT molecular complexity index is 594. The number of hydrogen-bond donors (Lipinski definition) is 0. The minimum absolute atomic E-state index is 0.0509. The maximum Gasteiger partial charge on any atom is 0.379 e. The van der Waals surface area contributed by atoms with E-state index in [0.717, 1.165) is 6.92 Å². The molecule has 120 valence electrons. The van der Waals surface area contributed by atoms with Crippen LogP contribution < -0.4 is 9.47 Å². The normalized spacial score (nSPS) is 10.8. The first-order valence-electron chi connectivity index (χ1n) is 6.56. The minimum atomic E-state index is -1.30. The summed E-state index contributed by atoms with van der Waals surface area (Å²) in [6.45, 7) is 5.98. The van der Waals surface area contributed by atoms with Crippen LogP contribution in [0.1, 0.15) is 27.7 Å². The fourth-order valence-electron chi connectivity index (χ4n) is 1.44. The van der Waals surface area contributed by atoms with E-state index < -0.39 is 23.3 Å². The quantitative estimate of drug-likeness (QED) is 0.453. The minimum Gasteiger partial charge on any atom is -0.472 e. The van der Waals surface area contributed by atoms with Crippen molar-refractivity contribution in [1.29, 1.82) is 0 Å². The number of esters is 2. The van der Waals surface area contributed by atoms with Gasteiger partial charge in [0.05, 0.1) is 6.61 Å². The van der Waals surface area contributed by atoms with Crippen LogP contribution in [0.3, 0.4) is 0 Å². The van der Waals surface area contributed by atoms with Crippen molar-refractivity contribution in [2.75, 3.05) is 6.61 Å². The van der Waals surface area contributed by atoms with Gasteiger partial charge in [-0.05, 0) is 32.9 Å². The third-order valence-electron chi connectivity index (χ3n) is 2.53. The van der Waals surface area contributed by atoms with Crippen molar-refractivity contribution in [2.45, 2.75) is 33.3 Å². The van der Waals surface area contributed by atoms with Crippen LogP contribution in [0.25, 0.3) is 0 Å². The number of benzene rings is 1. The summed E-state index contributed by atoms with van der Waals surface area (Å²) in [5, 5.41) is 0.285. The lowest BCUT2D eigenvalue weighted by molar-refractivity contribution is -0.158. The Kier molecular flexibility index (Phi) is 5.93. The molecule has 0 unspecified atom stereocenters. The Balaban J connectivity index is 3.06. The Morgan fingerprint density at radius 3 is 2.36 bits per heavy atom. The van der Waals surface area contributed by atoms with Gasteiger partial charge in [0, 0.05) is 18.0 Å². The van der Waals surface area contributed by atoms with Gasteiger partial charge in [0.25, 0.3) is 0 Å². The van der Waals surface area contributed by atoms with Gasteiger partial charge in [0.1, 0.15) is 0 Å². The Morgan fingerprint density at radius 2 is 1.82 bits per heavy atom. The third kappa shape index (κ3) is 4.73. The molecule has 6 nitrogen and oxygen atoms in total. The van der Waals surface area contributed by atoms with Crippen LogP contribution in [0.5, 0.6) is 11.5 Å². The van der Waals surface area contributed by atoms with E-state index in [4.69, 9.17) is 25.8 Å². The smallest absolute Gasteiger partial charge is 0.379 e. The number of ether oxygens (including phenoxy) is 3. The van der Waals surface area contributed by atoms with Crippen molar-refractivity contribution in [1.82, 2.24) is 0 Å². The number of hydrogen-bond acceptors (Lipinski definition) is 6. The van der Waals surface area contributed by atoms with E-state index in [0.29, 0.717) is 0 Å². The molecular weight excluding hydrogens is 312 g/mol. The van der Waals surface area contributed by atoms with Crippen LogP contribution >= 0.6 is 11.6 Å². The fourth-order valence-corrected chi connectivity index (χ4v) is 1.60. The predicted molar refractivity (Wildman–Crippen MR) is 79.1 cm³/mol. The fraction of sp³-hybridized carbons (Fsp3) is 0.400. The van der Waals surface area contributed by atoms with Crippen LogP contribution in [-0.4, -0.2) is 29.9 Å². The Hall–Kier alpha value is -2.08. The zero-order valence-corrected chi connectivity index (χ0v) is 13.5. The highest BCUT2D eigenvalue weighted by molar-refractivity contribution is 6.33. The zero-order valence-electron chi connectivity index (χ0n) is 12.8. The largest absolute Gasteiger partial charge is 0.472 e. The van der Waals surface area contributed by atoms with Crippen molar-refractivity contribution >= 4 is 29.3 Å². The third-order valence-corrected chi connectivity index (χ3v) is 2.76. The molecule has 0 saturated carbocycles. The molecule has 0 saturated heterocycles. The van der Waals surface area contributed by atoms with Gasteiger partial charge in [-0.3, -0.25) is 4.79 Å². The van der Waals surface area contributed by atoms with Crippen LogP contribution in [0.2, 0.25) is 5.02 Å². The molecule has 0 atom stereocenters. The molecule has 0 aliphatic rings. The molecule has 0 radical (unpaired) electrons. The number of halogens is 1. The van der Waals surface area contributed by atoms with Gasteiger partial charge < -0.3 is 14.2 Å². The predicted octanol–water partition coefficient (Wildman–Crippen LogP) is 2.55. The molecule has 0 fully saturated rings. The van der Waals surface area contributed by atoms with Gasteiger partial charge in [0.15, 0.2) is 17.1 Å². The summed E-state index contributed by atoms with van der Waals surface area (Å²) in [6, 6.07) is 4.26. The summed E-state index contributed by atoms with van der Waals surface area (Å²) >= 11 is 5.84. The number of carbonyl (C=O) groups is 3. The van der Waals surface area contributed by atoms with Gasteiger partial charge in [-0.1, -0.05) is 11.6 Å². The zero-order chi connectivity index (χ0) is 16.9. The van der Waals surface area contributed by atoms with Crippen molar-refractivity contribution in [3.63, 3.8) is 0 Å². The molecule has 0 amide bonds. The highest BCUT2D eigenvalue weighted by Gasteiger charge is 2.33. The first-order valence-corrected chi connectivity index (χ1v) is 6.93. The second kappa shape index (κ2) is 7.26. The van der Waals surface area contributed by atoms with Crippen molar-refractivity contribution < 1.29 is 28.6 Å². The number of carbonyl (C=O) groups excluding carboxylic acids is 3. The average molecular weight is 329 g/mol. The highest BCUT2D eigenvalue weighted by atomic mass is 35.5. The molecule has 22 heavy (non-hydrogen) atoms. The van der Waals surface area contributed by atoms with Gasteiger partial charge in [-0.2, -0.15) is 0 Å². The van der Waals surface area contributed by atoms with E-state index in [1.807, 2.05) is 0 Å². The first kappa shape index (κ1) is 18.0. The van der Waals surface area contributed by atoms with E-state index in [9.17, 15) is 14.4 Å². The molecule has 1 aromatic carbocycles. The lowest BCUT2D eigenvalue weighted by Crippen LogP contribution is -2.39. The van der Waals surface area contributed by atoms with Crippen LogP contribution in [0.4, 0.5) is 0 Å². The topological polar surface area (TPSA) is 78.9 Å². The summed E-state index contributed by atoms with van der Waals surface area (Å²) in [6.07, 6.45) is 0. The van der Waals surface area contributed by atoms with E-state index >= 15 is 0 Å². The highest BCUT2D eigenvalue weighted by Crippen LogP contribution is 2.33. The second-order valence-electron chi connectivity index (χ2n) is 4.87. The Morgan fingerprint density at radius 1 is 1.18 bits per heavy atom. The lowest BCUT2D eigenvalue weighted by atomic mass is 10.1. The maximum atomic E-state index is 11.8. The maximum absolute atomic E-state index is 11.8. The monoisotopic (exact) mass is 328 g/mol. The molecule has 1 rings (SSSR count). The van der Waals surface area contributed by atoms with Crippen LogP contribution in [0, 0.1) is 0 Å². The molecule has 0 spiro atoms. The van der Waals surface area contributed by atoms with Gasteiger partial charge in [0.2, 0.25) is 5.78 Å². The Labute approximate surface area is 133 Å². The van der Waals surface area contributed by atoms with E-state index in [2.05, 4.69) is 0 Å². The van der Waals surface area contributed by atoms with Crippen LogP contribution in [-0.2, 0) is 19.1 Å².